The van der Waals surface area contributed by atoms with Gasteiger partial charge in [-0.2, -0.15) is 4.31 Å². The van der Waals surface area contributed by atoms with E-state index in [0.717, 1.165) is 6.07 Å². The van der Waals surface area contributed by atoms with Crippen molar-refractivity contribution in [2.45, 2.75) is 12.3 Å². The summed E-state index contributed by atoms with van der Waals surface area (Å²) in [6, 6.07) is 11.0. The van der Waals surface area contributed by atoms with E-state index in [2.05, 4.69) is 5.32 Å². The van der Waals surface area contributed by atoms with Crippen LogP contribution in [0.2, 0.25) is 0 Å². The Balaban J connectivity index is 1.69. The van der Waals surface area contributed by atoms with Crippen LogP contribution < -0.4 is 10.1 Å². The Bertz CT molecular complexity index is 975. The smallest absolute Gasteiger partial charge is 0.251 e. The molecule has 0 radical (unpaired) electrons. The van der Waals surface area contributed by atoms with Gasteiger partial charge in [-0.1, -0.05) is 24.3 Å². The standard InChI is InChI=1S/C20H23FN2O5S/c1-27-19-7-6-15(12-18(19)21)20(24)22-13-16-4-2-3-5-17(16)14-29(25,26)23-8-10-28-11-9-23/h2-7,12H,8-11,13-14H2,1H3,(H,22,24). The van der Waals surface area contributed by atoms with Crippen LogP contribution in [0.1, 0.15) is 21.5 Å². The molecule has 0 aliphatic carbocycles. The van der Waals surface area contributed by atoms with Gasteiger partial charge in [-0.05, 0) is 29.3 Å². The Morgan fingerprint density at radius 1 is 1.17 bits per heavy atom. The SMILES string of the molecule is COc1ccc(C(=O)NCc2ccccc2CS(=O)(=O)N2CCOCC2)cc1F. The monoisotopic (exact) mass is 422 g/mol. The number of nitrogens with zero attached hydrogens (tertiary/aromatic N) is 1. The summed E-state index contributed by atoms with van der Waals surface area (Å²) in [4.78, 5) is 12.4. The molecule has 1 heterocycles. The van der Waals surface area contributed by atoms with Crippen LogP contribution in [0.5, 0.6) is 5.75 Å². The van der Waals surface area contributed by atoms with Gasteiger partial charge < -0.3 is 14.8 Å². The number of carbonyl (C=O) groups excluding carboxylic acids is 1. The largest absolute Gasteiger partial charge is 0.494 e. The van der Waals surface area contributed by atoms with Gasteiger partial charge in [0.2, 0.25) is 10.0 Å². The number of nitrogens with one attached hydrogen (secondary N) is 1. The zero-order chi connectivity index (χ0) is 20.9. The lowest BCUT2D eigenvalue weighted by Crippen LogP contribution is -2.41. The van der Waals surface area contributed by atoms with E-state index in [1.807, 2.05) is 0 Å². The number of sulfonamides is 1. The summed E-state index contributed by atoms with van der Waals surface area (Å²) in [6.45, 7) is 1.57. The van der Waals surface area contributed by atoms with E-state index < -0.39 is 21.7 Å². The fourth-order valence-electron chi connectivity index (χ4n) is 3.07. The Hall–Kier alpha value is -2.49. The van der Waals surface area contributed by atoms with E-state index in [1.54, 1.807) is 24.3 Å². The molecule has 0 atom stereocenters. The van der Waals surface area contributed by atoms with E-state index in [-0.39, 0.29) is 23.6 Å². The first kappa shape index (κ1) is 21.2. The highest BCUT2D eigenvalue weighted by atomic mass is 32.2. The quantitative estimate of drug-likeness (QED) is 0.737. The summed E-state index contributed by atoms with van der Waals surface area (Å²) in [5.74, 6) is -1.19. The number of carbonyl (C=O) groups is 1. The van der Waals surface area contributed by atoms with Crippen molar-refractivity contribution in [3.05, 3.63) is 65.0 Å². The summed E-state index contributed by atoms with van der Waals surface area (Å²) in [7, 11) is -2.14. The third kappa shape index (κ3) is 5.31. The molecule has 0 aromatic heterocycles. The first-order chi connectivity index (χ1) is 13.9. The molecule has 0 spiro atoms. The van der Waals surface area contributed by atoms with Gasteiger partial charge in [0, 0.05) is 25.2 Å². The second-order valence-electron chi connectivity index (χ2n) is 6.57. The molecule has 1 amide bonds. The van der Waals surface area contributed by atoms with Crippen LogP contribution in [0.4, 0.5) is 4.39 Å². The van der Waals surface area contributed by atoms with Gasteiger partial charge in [0.25, 0.3) is 5.91 Å². The van der Waals surface area contributed by atoms with Gasteiger partial charge in [-0.15, -0.1) is 0 Å². The maximum atomic E-state index is 13.8. The number of hydrogen-bond donors (Lipinski definition) is 1. The first-order valence-corrected chi connectivity index (χ1v) is 10.8. The molecule has 0 unspecified atom stereocenters. The van der Waals surface area contributed by atoms with E-state index >= 15 is 0 Å². The molecule has 1 aliphatic heterocycles. The molecule has 156 valence electrons. The molecule has 1 aliphatic rings. The summed E-state index contributed by atoms with van der Waals surface area (Å²) in [5.41, 5.74) is 1.45. The predicted octanol–water partition coefficient (Wildman–Crippen LogP) is 1.93. The van der Waals surface area contributed by atoms with Crippen molar-refractivity contribution in [3.63, 3.8) is 0 Å². The Morgan fingerprint density at radius 2 is 1.86 bits per heavy atom. The second kappa shape index (κ2) is 9.34. The van der Waals surface area contributed by atoms with E-state index in [0.29, 0.717) is 37.4 Å². The fourth-order valence-corrected chi connectivity index (χ4v) is 4.63. The minimum atomic E-state index is -3.49. The number of rotatable bonds is 7. The van der Waals surface area contributed by atoms with Gasteiger partial charge >= 0.3 is 0 Å². The second-order valence-corrected chi connectivity index (χ2v) is 8.54. The topological polar surface area (TPSA) is 84.9 Å². The molecule has 2 aromatic carbocycles. The fraction of sp³-hybridized carbons (Fsp3) is 0.350. The molecular formula is C20H23FN2O5S. The number of benzene rings is 2. The zero-order valence-electron chi connectivity index (χ0n) is 16.1. The van der Waals surface area contributed by atoms with Crippen LogP contribution in [0, 0.1) is 5.82 Å². The van der Waals surface area contributed by atoms with Crippen LogP contribution >= 0.6 is 0 Å². The van der Waals surface area contributed by atoms with Crippen molar-refractivity contribution >= 4 is 15.9 Å². The highest BCUT2D eigenvalue weighted by molar-refractivity contribution is 7.88. The Kier molecular flexibility index (Phi) is 6.83. The number of hydrogen-bond acceptors (Lipinski definition) is 5. The van der Waals surface area contributed by atoms with Crippen molar-refractivity contribution < 1.29 is 27.1 Å². The molecule has 1 saturated heterocycles. The van der Waals surface area contributed by atoms with Crippen LogP contribution in [0.3, 0.4) is 0 Å². The van der Waals surface area contributed by atoms with Crippen LogP contribution in [-0.2, 0) is 27.1 Å². The summed E-state index contributed by atoms with van der Waals surface area (Å²) < 4.78 is 50.7. The highest BCUT2D eigenvalue weighted by Gasteiger charge is 2.25. The molecular weight excluding hydrogens is 399 g/mol. The molecule has 0 saturated carbocycles. The molecule has 1 fully saturated rings. The highest BCUT2D eigenvalue weighted by Crippen LogP contribution is 2.19. The number of halogens is 1. The lowest BCUT2D eigenvalue weighted by atomic mass is 10.1. The lowest BCUT2D eigenvalue weighted by molar-refractivity contribution is 0.0729. The Labute approximate surface area is 169 Å². The van der Waals surface area contributed by atoms with Crippen LogP contribution in [0.25, 0.3) is 0 Å². The maximum absolute atomic E-state index is 13.8. The minimum absolute atomic E-state index is 0.0558. The normalized spacial score (nSPS) is 15.1. The van der Waals surface area contributed by atoms with Crippen molar-refractivity contribution in [3.8, 4) is 5.75 Å². The minimum Gasteiger partial charge on any atom is -0.494 e. The molecule has 0 bridgehead atoms. The van der Waals surface area contributed by atoms with E-state index in [4.69, 9.17) is 9.47 Å². The molecule has 29 heavy (non-hydrogen) atoms. The van der Waals surface area contributed by atoms with E-state index in [1.165, 1.54) is 23.5 Å². The van der Waals surface area contributed by atoms with Crippen LogP contribution in [0.15, 0.2) is 42.5 Å². The molecule has 2 aromatic rings. The van der Waals surface area contributed by atoms with Gasteiger partial charge in [0.1, 0.15) is 0 Å². The lowest BCUT2D eigenvalue weighted by Gasteiger charge is -2.26. The number of methoxy groups -OCH3 is 1. The number of ether oxygens (including phenoxy) is 2. The number of morpholine rings is 1. The van der Waals surface area contributed by atoms with Crippen molar-refractivity contribution in [1.82, 2.24) is 9.62 Å². The zero-order valence-corrected chi connectivity index (χ0v) is 16.9. The van der Waals surface area contributed by atoms with Gasteiger partial charge in [0.05, 0.1) is 26.1 Å². The van der Waals surface area contributed by atoms with E-state index in [9.17, 15) is 17.6 Å². The first-order valence-electron chi connectivity index (χ1n) is 9.15. The van der Waals surface area contributed by atoms with Gasteiger partial charge in [-0.3, -0.25) is 4.79 Å². The summed E-state index contributed by atoms with van der Waals surface area (Å²) in [6.07, 6.45) is 0. The number of amides is 1. The molecule has 9 heteroatoms. The van der Waals surface area contributed by atoms with Crippen LogP contribution in [-0.4, -0.2) is 52.0 Å². The Morgan fingerprint density at radius 3 is 2.52 bits per heavy atom. The van der Waals surface area contributed by atoms with Crippen molar-refractivity contribution in [1.29, 1.82) is 0 Å². The predicted molar refractivity (Wildman–Crippen MR) is 106 cm³/mol. The molecule has 7 nitrogen and oxygen atoms in total. The molecule has 1 N–H and O–H groups in total. The van der Waals surface area contributed by atoms with Crippen molar-refractivity contribution in [2.75, 3.05) is 33.4 Å². The average Bonchev–Trinajstić information content (AvgIpc) is 2.73. The average molecular weight is 422 g/mol. The molecule has 3 rings (SSSR count). The third-order valence-electron chi connectivity index (χ3n) is 4.67. The van der Waals surface area contributed by atoms with Gasteiger partial charge in [0.15, 0.2) is 11.6 Å². The van der Waals surface area contributed by atoms with Gasteiger partial charge in [-0.25, -0.2) is 12.8 Å². The summed E-state index contributed by atoms with van der Waals surface area (Å²) >= 11 is 0. The maximum Gasteiger partial charge on any atom is 0.251 e. The van der Waals surface area contributed by atoms with Crippen molar-refractivity contribution in [2.24, 2.45) is 0 Å². The summed E-state index contributed by atoms with van der Waals surface area (Å²) in [5, 5.41) is 2.71. The third-order valence-corrected chi connectivity index (χ3v) is 6.50.